The van der Waals surface area contributed by atoms with Crippen LogP contribution < -0.4 is 0 Å². The maximum absolute atomic E-state index is 4.17. The summed E-state index contributed by atoms with van der Waals surface area (Å²) in [5.74, 6) is 1.21. The molecule has 0 aliphatic heterocycles. The van der Waals surface area contributed by atoms with Gasteiger partial charge in [0.15, 0.2) is 11.6 Å². The van der Waals surface area contributed by atoms with E-state index in [0.717, 1.165) is 0 Å². The molecule has 0 saturated carbocycles. The number of hydrogen-bond donors (Lipinski definition) is 0. The SMILES string of the molecule is C(=NCCN=Cc1ncccn1)c1ncccn1. The molecule has 0 aromatic carbocycles. The van der Waals surface area contributed by atoms with Gasteiger partial charge in [-0.2, -0.15) is 0 Å². The fraction of sp³-hybridized carbons (Fsp3) is 0.167. The van der Waals surface area contributed by atoms with Gasteiger partial charge in [0.05, 0.1) is 25.5 Å². The summed E-state index contributed by atoms with van der Waals surface area (Å²) < 4.78 is 0. The van der Waals surface area contributed by atoms with Crippen LogP contribution in [0.3, 0.4) is 0 Å². The van der Waals surface area contributed by atoms with Crippen molar-refractivity contribution in [2.45, 2.75) is 0 Å². The van der Waals surface area contributed by atoms with Gasteiger partial charge in [-0.3, -0.25) is 9.98 Å². The highest BCUT2D eigenvalue weighted by Crippen LogP contribution is 1.84. The number of rotatable bonds is 5. The molecule has 6 nitrogen and oxygen atoms in total. The van der Waals surface area contributed by atoms with E-state index >= 15 is 0 Å². The second-order valence-electron chi connectivity index (χ2n) is 3.28. The Morgan fingerprint density at radius 2 is 1.11 bits per heavy atom. The van der Waals surface area contributed by atoms with Crippen LogP contribution in [0.15, 0.2) is 46.9 Å². The van der Waals surface area contributed by atoms with Gasteiger partial charge in [0, 0.05) is 24.8 Å². The third-order valence-corrected chi connectivity index (χ3v) is 1.94. The molecule has 2 aromatic rings. The Kier molecular flexibility index (Phi) is 4.62. The van der Waals surface area contributed by atoms with Crippen molar-refractivity contribution < 1.29 is 0 Å². The van der Waals surface area contributed by atoms with E-state index in [9.17, 15) is 0 Å². The number of nitrogens with zero attached hydrogens (tertiary/aromatic N) is 6. The standard InChI is InChI=1S/C12H12N6/c1-3-15-11(16-4-1)9-13-7-8-14-10-12-17-5-2-6-18-12/h1-6,9-10H,7-8H2. The summed E-state index contributed by atoms with van der Waals surface area (Å²) in [6.45, 7) is 1.17. The third kappa shape index (κ3) is 4.17. The molecule has 2 aromatic heterocycles. The lowest BCUT2D eigenvalue weighted by Gasteiger charge is -1.91. The zero-order valence-electron chi connectivity index (χ0n) is 9.72. The number of aromatic nitrogens is 4. The van der Waals surface area contributed by atoms with Crippen LogP contribution in [0, 0.1) is 0 Å². The fourth-order valence-corrected chi connectivity index (χ4v) is 1.16. The van der Waals surface area contributed by atoms with Crippen LogP contribution in [0.1, 0.15) is 11.6 Å². The Balaban J connectivity index is 1.73. The molecule has 0 unspecified atom stereocenters. The van der Waals surface area contributed by atoms with Crippen LogP contribution in [-0.4, -0.2) is 45.5 Å². The van der Waals surface area contributed by atoms with E-state index in [-0.39, 0.29) is 0 Å². The van der Waals surface area contributed by atoms with Crippen molar-refractivity contribution in [2.75, 3.05) is 13.1 Å². The molecule has 2 rings (SSSR count). The van der Waals surface area contributed by atoms with E-state index in [2.05, 4.69) is 29.9 Å². The average Bonchev–Trinajstić information content (AvgIpc) is 2.45. The van der Waals surface area contributed by atoms with Gasteiger partial charge in [0.25, 0.3) is 0 Å². The highest BCUT2D eigenvalue weighted by atomic mass is 14.9. The smallest absolute Gasteiger partial charge is 0.170 e. The molecular weight excluding hydrogens is 228 g/mol. The molecule has 18 heavy (non-hydrogen) atoms. The van der Waals surface area contributed by atoms with Gasteiger partial charge in [0.1, 0.15) is 0 Å². The molecule has 0 N–H and O–H groups in total. The van der Waals surface area contributed by atoms with Crippen LogP contribution in [0.2, 0.25) is 0 Å². The monoisotopic (exact) mass is 240 g/mol. The van der Waals surface area contributed by atoms with Crippen molar-refractivity contribution in [2.24, 2.45) is 9.98 Å². The molecule has 0 aliphatic rings. The summed E-state index contributed by atoms with van der Waals surface area (Å²) in [7, 11) is 0. The predicted molar refractivity (Wildman–Crippen MR) is 69.0 cm³/mol. The maximum atomic E-state index is 4.17. The topological polar surface area (TPSA) is 76.3 Å². The summed E-state index contributed by atoms with van der Waals surface area (Å²) in [6, 6.07) is 3.53. The Morgan fingerprint density at radius 3 is 1.50 bits per heavy atom. The molecule has 6 heteroatoms. The van der Waals surface area contributed by atoms with Crippen LogP contribution in [0.4, 0.5) is 0 Å². The average molecular weight is 240 g/mol. The van der Waals surface area contributed by atoms with Gasteiger partial charge >= 0.3 is 0 Å². The molecule has 0 spiro atoms. The third-order valence-electron chi connectivity index (χ3n) is 1.94. The molecule has 0 amide bonds. The Bertz CT molecular complexity index is 459. The first-order chi connectivity index (χ1) is 8.95. The molecule has 0 aliphatic carbocycles. The lowest BCUT2D eigenvalue weighted by atomic mass is 10.5. The molecule has 0 atom stereocenters. The normalized spacial score (nSPS) is 11.3. The summed E-state index contributed by atoms with van der Waals surface area (Å²) in [4.78, 5) is 24.4. The van der Waals surface area contributed by atoms with Crippen LogP contribution in [-0.2, 0) is 0 Å². The maximum Gasteiger partial charge on any atom is 0.170 e. The predicted octanol–water partition coefficient (Wildman–Crippen LogP) is 0.805. The zero-order chi connectivity index (χ0) is 12.5. The summed E-state index contributed by atoms with van der Waals surface area (Å²) in [6.07, 6.45) is 9.99. The molecule has 0 fully saturated rings. The lowest BCUT2D eigenvalue weighted by molar-refractivity contribution is 0.976. The summed E-state index contributed by atoms with van der Waals surface area (Å²) in [5.41, 5.74) is 0. The van der Waals surface area contributed by atoms with E-state index < -0.39 is 0 Å². The van der Waals surface area contributed by atoms with Crippen molar-refractivity contribution in [3.05, 3.63) is 48.6 Å². The Hall–Kier alpha value is -2.50. The minimum absolute atomic E-state index is 0.585. The van der Waals surface area contributed by atoms with E-state index in [4.69, 9.17) is 0 Å². The van der Waals surface area contributed by atoms with Gasteiger partial charge in [-0.15, -0.1) is 0 Å². The quantitative estimate of drug-likeness (QED) is 0.572. The van der Waals surface area contributed by atoms with Gasteiger partial charge in [-0.25, -0.2) is 19.9 Å². The minimum Gasteiger partial charge on any atom is -0.287 e. The van der Waals surface area contributed by atoms with E-state index in [1.54, 1.807) is 49.3 Å². The first-order valence-electron chi connectivity index (χ1n) is 5.49. The van der Waals surface area contributed by atoms with Crippen molar-refractivity contribution in [3.8, 4) is 0 Å². The largest absolute Gasteiger partial charge is 0.287 e. The second kappa shape index (κ2) is 6.95. The van der Waals surface area contributed by atoms with E-state index in [1.807, 2.05) is 0 Å². The van der Waals surface area contributed by atoms with Crippen molar-refractivity contribution in [1.29, 1.82) is 0 Å². The molecule has 0 saturated heterocycles. The molecular formula is C12H12N6. The molecule has 2 heterocycles. The highest BCUT2D eigenvalue weighted by molar-refractivity contribution is 5.74. The van der Waals surface area contributed by atoms with Gasteiger partial charge in [0.2, 0.25) is 0 Å². The minimum atomic E-state index is 0.585. The van der Waals surface area contributed by atoms with Crippen LogP contribution >= 0.6 is 0 Å². The summed E-state index contributed by atoms with van der Waals surface area (Å²) >= 11 is 0. The van der Waals surface area contributed by atoms with Crippen molar-refractivity contribution in [3.63, 3.8) is 0 Å². The van der Waals surface area contributed by atoms with Gasteiger partial charge < -0.3 is 0 Å². The molecule has 0 bridgehead atoms. The van der Waals surface area contributed by atoms with Crippen molar-refractivity contribution in [1.82, 2.24) is 19.9 Å². The highest BCUT2D eigenvalue weighted by Gasteiger charge is 1.87. The summed E-state index contributed by atoms with van der Waals surface area (Å²) in [5, 5.41) is 0. The first kappa shape index (κ1) is 12.0. The van der Waals surface area contributed by atoms with Gasteiger partial charge in [-0.05, 0) is 12.1 Å². The Morgan fingerprint density at radius 1 is 0.722 bits per heavy atom. The number of aliphatic imine (C=N–C) groups is 2. The van der Waals surface area contributed by atoms with Crippen molar-refractivity contribution >= 4 is 12.4 Å². The van der Waals surface area contributed by atoms with Crippen LogP contribution in [0.5, 0.6) is 0 Å². The zero-order valence-corrected chi connectivity index (χ0v) is 9.72. The number of hydrogen-bond acceptors (Lipinski definition) is 6. The second-order valence-corrected chi connectivity index (χ2v) is 3.28. The van der Waals surface area contributed by atoms with Crippen LogP contribution in [0.25, 0.3) is 0 Å². The van der Waals surface area contributed by atoms with E-state index in [1.165, 1.54) is 0 Å². The van der Waals surface area contributed by atoms with E-state index in [0.29, 0.717) is 24.7 Å². The first-order valence-corrected chi connectivity index (χ1v) is 5.49. The fourth-order valence-electron chi connectivity index (χ4n) is 1.16. The van der Waals surface area contributed by atoms with Gasteiger partial charge in [-0.1, -0.05) is 0 Å². The lowest BCUT2D eigenvalue weighted by Crippen LogP contribution is -1.95. The molecule has 0 radical (unpaired) electrons. The Labute approximate surface area is 105 Å². The molecule has 90 valence electrons.